The normalized spacial score (nSPS) is 17.2. The second-order valence-corrected chi connectivity index (χ2v) is 6.86. The molecule has 0 bridgehead atoms. The average Bonchev–Trinajstić information content (AvgIpc) is 2.99. The SMILES string of the molecule is Cn1c(=O)c(/C=C2/SC(=O)NC2=Nc2ccccc2)cc2ccccc21. The molecule has 1 aromatic heterocycles. The van der Waals surface area contributed by atoms with Crippen LogP contribution in [-0.4, -0.2) is 15.6 Å². The van der Waals surface area contributed by atoms with E-state index in [4.69, 9.17) is 0 Å². The highest BCUT2D eigenvalue weighted by molar-refractivity contribution is 8.18. The smallest absolute Gasteiger partial charge is 0.289 e. The summed E-state index contributed by atoms with van der Waals surface area (Å²) >= 11 is 1.04. The van der Waals surface area contributed by atoms with E-state index >= 15 is 0 Å². The molecular weight excluding hydrogens is 346 g/mol. The number of nitrogens with one attached hydrogen (secondary N) is 1. The van der Waals surface area contributed by atoms with Crippen molar-refractivity contribution in [2.75, 3.05) is 0 Å². The molecule has 2 heterocycles. The van der Waals surface area contributed by atoms with Crippen molar-refractivity contribution in [3.8, 4) is 0 Å². The third kappa shape index (κ3) is 3.07. The molecule has 0 aliphatic carbocycles. The number of aromatic nitrogens is 1. The summed E-state index contributed by atoms with van der Waals surface area (Å²) in [7, 11) is 1.75. The first-order valence-corrected chi connectivity index (χ1v) is 8.87. The number of benzene rings is 2. The molecule has 1 fully saturated rings. The molecule has 1 aliphatic heterocycles. The molecular formula is C20H15N3O2S. The topological polar surface area (TPSA) is 63.5 Å². The zero-order valence-electron chi connectivity index (χ0n) is 14.0. The van der Waals surface area contributed by atoms with Crippen molar-refractivity contribution in [1.29, 1.82) is 0 Å². The summed E-state index contributed by atoms with van der Waals surface area (Å²) in [6.07, 6.45) is 1.72. The Balaban J connectivity index is 1.83. The van der Waals surface area contributed by atoms with Crippen molar-refractivity contribution in [2.45, 2.75) is 0 Å². The van der Waals surface area contributed by atoms with Crippen molar-refractivity contribution < 1.29 is 4.79 Å². The lowest BCUT2D eigenvalue weighted by Gasteiger charge is -2.07. The third-order valence-electron chi connectivity index (χ3n) is 4.10. The maximum Gasteiger partial charge on any atom is 0.289 e. The summed E-state index contributed by atoms with van der Waals surface area (Å²) in [5.74, 6) is 0.460. The number of carbonyl (C=O) groups excluding carboxylic acids is 1. The van der Waals surface area contributed by atoms with E-state index in [-0.39, 0.29) is 10.8 Å². The Labute approximate surface area is 154 Å². The molecule has 0 atom stereocenters. The molecule has 3 aromatic rings. The number of rotatable bonds is 2. The summed E-state index contributed by atoms with van der Waals surface area (Å²) in [6, 6.07) is 18.9. The van der Waals surface area contributed by atoms with Crippen LogP contribution >= 0.6 is 11.8 Å². The molecule has 0 unspecified atom stereocenters. The van der Waals surface area contributed by atoms with Gasteiger partial charge in [0.1, 0.15) is 5.84 Å². The fourth-order valence-corrected chi connectivity index (χ4v) is 3.56. The van der Waals surface area contributed by atoms with Crippen LogP contribution in [0.5, 0.6) is 0 Å². The number of thioether (sulfide) groups is 1. The number of hydrogen-bond donors (Lipinski definition) is 1. The highest BCUT2D eigenvalue weighted by Crippen LogP contribution is 2.28. The number of hydrogen-bond acceptors (Lipinski definition) is 4. The Bertz CT molecular complexity index is 1130. The Morgan fingerprint density at radius 3 is 2.58 bits per heavy atom. The molecule has 5 nitrogen and oxygen atoms in total. The van der Waals surface area contributed by atoms with Crippen LogP contribution < -0.4 is 10.9 Å². The molecule has 1 N–H and O–H groups in total. The molecule has 0 spiro atoms. The van der Waals surface area contributed by atoms with Gasteiger partial charge in [0, 0.05) is 12.6 Å². The molecule has 2 aromatic carbocycles. The quantitative estimate of drug-likeness (QED) is 0.748. The van der Waals surface area contributed by atoms with Crippen LogP contribution in [0.4, 0.5) is 10.5 Å². The summed E-state index contributed by atoms with van der Waals surface area (Å²) in [5, 5.41) is 3.50. The molecule has 1 aliphatic rings. The lowest BCUT2D eigenvalue weighted by Crippen LogP contribution is -2.20. The lowest BCUT2D eigenvalue weighted by molar-refractivity contribution is 0.265. The first-order valence-electron chi connectivity index (χ1n) is 8.05. The van der Waals surface area contributed by atoms with Gasteiger partial charge in [0.15, 0.2) is 0 Å². The van der Waals surface area contributed by atoms with E-state index in [2.05, 4.69) is 10.3 Å². The number of aryl methyl sites for hydroxylation is 1. The minimum atomic E-state index is -0.205. The monoisotopic (exact) mass is 361 g/mol. The van der Waals surface area contributed by atoms with Crippen LogP contribution in [0.3, 0.4) is 0 Å². The predicted octanol–water partition coefficient (Wildman–Crippen LogP) is 4.07. The van der Waals surface area contributed by atoms with Crippen molar-refractivity contribution in [2.24, 2.45) is 12.0 Å². The molecule has 128 valence electrons. The highest BCUT2D eigenvalue weighted by atomic mass is 32.2. The van der Waals surface area contributed by atoms with Crippen LogP contribution in [0.2, 0.25) is 0 Å². The lowest BCUT2D eigenvalue weighted by atomic mass is 10.1. The van der Waals surface area contributed by atoms with Crippen molar-refractivity contribution in [1.82, 2.24) is 9.88 Å². The largest absolute Gasteiger partial charge is 0.311 e. The third-order valence-corrected chi connectivity index (χ3v) is 4.92. The Hall–Kier alpha value is -3.12. The van der Waals surface area contributed by atoms with Gasteiger partial charge in [-0.1, -0.05) is 36.4 Å². The van der Waals surface area contributed by atoms with E-state index in [0.29, 0.717) is 16.3 Å². The Morgan fingerprint density at radius 1 is 1.04 bits per heavy atom. The predicted molar refractivity (Wildman–Crippen MR) is 107 cm³/mol. The van der Waals surface area contributed by atoms with Gasteiger partial charge >= 0.3 is 0 Å². The molecule has 0 radical (unpaired) electrons. The van der Waals surface area contributed by atoms with Gasteiger partial charge in [0.05, 0.1) is 16.1 Å². The summed E-state index contributed by atoms with van der Waals surface area (Å²) < 4.78 is 1.62. The zero-order chi connectivity index (χ0) is 18.1. The van der Waals surface area contributed by atoms with E-state index < -0.39 is 0 Å². The summed E-state index contributed by atoms with van der Waals surface area (Å²) in [5.41, 5.74) is 2.01. The number of nitrogens with zero attached hydrogens (tertiary/aromatic N) is 2. The number of amidine groups is 1. The number of aliphatic imine (C=N–C) groups is 1. The van der Waals surface area contributed by atoms with Gasteiger partial charge in [-0.25, -0.2) is 4.99 Å². The van der Waals surface area contributed by atoms with E-state index in [9.17, 15) is 9.59 Å². The highest BCUT2D eigenvalue weighted by Gasteiger charge is 2.24. The number of amides is 1. The van der Waals surface area contributed by atoms with Gasteiger partial charge in [0.25, 0.3) is 10.8 Å². The van der Waals surface area contributed by atoms with Gasteiger partial charge in [-0.05, 0) is 47.5 Å². The Morgan fingerprint density at radius 2 is 1.77 bits per heavy atom. The molecule has 1 saturated heterocycles. The van der Waals surface area contributed by atoms with Crippen LogP contribution in [0.15, 0.2) is 75.4 Å². The maximum absolute atomic E-state index is 12.7. The summed E-state index contributed by atoms with van der Waals surface area (Å²) in [4.78, 5) is 29.7. The number of para-hydroxylation sites is 2. The first kappa shape index (κ1) is 16.4. The van der Waals surface area contributed by atoms with E-state index in [1.54, 1.807) is 17.7 Å². The summed E-state index contributed by atoms with van der Waals surface area (Å²) in [6.45, 7) is 0. The van der Waals surface area contributed by atoms with Gasteiger partial charge in [-0.3, -0.25) is 9.59 Å². The molecule has 6 heteroatoms. The van der Waals surface area contributed by atoms with E-state index in [1.807, 2.05) is 60.7 Å². The standard InChI is InChI=1S/C20H15N3O2S/c1-23-16-10-6-5-7-13(16)11-14(19(23)24)12-17-18(22-20(25)26-17)21-15-8-3-2-4-9-15/h2-12H,1H3,(H,21,22,25)/b17-12+. The van der Waals surface area contributed by atoms with Crippen molar-refractivity contribution in [3.05, 3.63) is 81.5 Å². The minimum absolute atomic E-state index is 0.116. The van der Waals surface area contributed by atoms with E-state index in [1.165, 1.54) is 0 Å². The second kappa shape index (κ2) is 6.65. The fourth-order valence-electron chi connectivity index (χ4n) is 2.84. The zero-order valence-corrected chi connectivity index (χ0v) is 14.8. The molecule has 1 amide bonds. The van der Waals surface area contributed by atoms with Gasteiger partial charge in [-0.15, -0.1) is 0 Å². The van der Waals surface area contributed by atoms with Crippen LogP contribution in [0.1, 0.15) is 5.56 Å². The molecule has 0 saturated carbocycles. The van der Waals surface area contributed by atoms with Crippen LogP contribution in [0.25, 0.3) is 17.0 Å². The van der Waals surface area contributed by atoms with Crippen LogP contribution in [-0.2, 0) is 7.05 Å². The number of pyridine rings is 1. The van der Waals surface area contributed by atoms with Gasteiger partial charge in [-0.2, -0.15) is 0 Å². The van der Waals surface area contributed by atoms with Gasteiger partial charge in [0.2, 0.25) is 0 Å². The van der Waals surface area contributed by atoms with Crippen molar-refractivity contribution >= 4 is 45.5 Å². The number of carbonyl (C=O) groups is 1. The van der Waals surface area contributed by atoms with Gasteiger partial charge < -0.3 is 9.88 Å². The van der Waals surface area contributed by atoms with Crippen molar-refractivity contribution in [3.63, 3.8) is 0 Å². The maximum atomic E-state index is 12.7. The van der Waals surface area contributed by atoms with E-state index in [0.717, 1.165) is 28.4 Å². The average molecular weight is 361 g/mol. The minimum Gasteiger partial charge on any atom is -0.311 e. The number of fused-ring (bicyclic) bond motifs is 1. The fraction of sp³-hybridized carbons (Fsp3) is 0.0500. The molecule has 4 rings (SSSR count). The first-order chi connectivity index (χ1) is 12.6. The second-order valence-electron chi connectivity index (χ2n) is 5.84. The Kier molecular flexibility index (Phi) is 4.18. The molecule has 26 heavy (non-hydrogen) atoms. The van der Waals surface area contributed by atoms with Crippen LogP contribution in [0, 0.1) is 0 Å².